The second-order valence-electron chi connectivity index (χ2n) is 6.77. The van der Waals surface area contributed by atoms with E-state index in [1.165, 1.54) is 5.01 Å². The van der Waals surface area contributed by atoms with Crippen molar-refractivity contribution in [2.24, 2.45) is 11.0 Å². The second kappa shape index (κ2) is 7.33. The number of benzene rings is 2. The Labute approximate surface area is 172 Å². The second-order valence-corrected chi connectivity index (χ2v) is 7.18. The number of hydrogen-bond acceptors (Lipinski definition) is 6. The van der Waals surface area contributed by atoms with E-state index in [2.05, 4.69) is 5.10 Å². The van der Waals surface area contributed by atoms with Crippen LogP contribution in [0.25, 0.3) is 0 Å². The van der Waals surface area contributed by atoms with Crippen molar-refractivity contribution in [3.8, 4) is 0 Å². The van der Waals surface area contributed by atoms with E-state index in [1.54, 1.807) is 43.3 Å². The molecule has 2 aromatic rings. The molecule has 29 heavy (non-hydrogen) atoms. The first-order valence-corrected chi connectivity index (χ1v) is 9.55. The van der Waals surface area contributed by atoms with Gasteiger partial charge in [-0.25, -0.2) is 9.69 Å². The molecule has 0 saturated carbocycles. The van der Waals surface area contributed by atoms with Gasteiger partial charge in [-0.05, 0) is 38.1 Å². The first kappa shape index (κ1) is 19.1. The summed E-state index contributed by atoms with van der Waals surface area (Å²) in [6.45, 7) is 3.74. The third kappa shape index (κ3) is 3.07. The quantitative estimate of drug-likeness (QED) is 0.571. The molecule has 1 saturated heterocycles. The number of hydrazone groups is 1. The Balaban J connectivity index is 1.81. The van der Waals surface area contributed by atoms with Crippen LogP contribution in [0.5, 0.6) is 0 Å². The lowest BCUT2D eigenvalue weighted by atomic mass is 9.97. The number of imide groups is 1. The molecule has 0 aliphatic carbocycles. The van der Waals surface area contributed by atoms with Gasteiger partial charge in [-0.1, -0.05) is 41.4 Å². The molecule has 2 unspecified atom stereocenters. The molecule has 7 nitrogen and oxygen atoms in total. The Bertz CT molecular complexity index is 1030. The van der Waals surface area contributed by atoms with Gasteiger partial charge >= 0.3 is 5.97 Å². The van der Waals surface area contributed by atoms with E-state index < -0.39 is 29.7 Å². The molecule has 2 aromatic carbocycles. The summed E-state index contributed by atoms with van der Waals surface area (Å²) in [5.41, 5.74) is 1.84. The Morgan fingerprint density at radius 2 is 1.79 bits per heavy atom. The molecule has 2 aliphatic heterocycles. The summed E-state index contributed by atoms with van der Waals surface area (Å²) in [5, 5.41) is 6.01. The fourth-order valence-electron chi connectivity index (χ4n) is 3.57. The SMILES string of the molecule is CCOC(=O)C1=NN(c2ccc(C)cc2)C2C(=O)N(c3ccccc3Cl)C(=O)C12. The van der Waals surface area contributed by atoms with Gasteiger partial charge in [0.2, 0.25) is 5.91 Å². The largest absolute Gasteiger partial charge is 0.461 e. The van der Waals surface area contributed by atoms with E-state index in [-0.39, 0.29) is 23.0 Å². The summed E-state index contributed by atoms with van der Waals surface area (Å²) in [6, 6.07) is 12.9. The van der Waals surface area contributed by atoms with Crippen molar-refractivity contribution in [1.82, 2.24) is 0 Å². The lowest BCUT2D eigenvalue weighted by Gasteiger charge is -2.22. The van der Waals surface area contributed by atoms with Gasteiger partial charge in [0.05, 0.1) is 23.0 Å². The molecule has 0 N–H and O–H groups in total. The average Bonchev–Trinajstić information content (AvgIpc) is 3.21. The minimum absolute atomic E-state index is 0.0784. The van der Waals surface area contributed by atoms with Crippen molar-refractivity contribution < 1.29 is 19.1 Å². The van der Waals surface area contributed by atoms with Gasteiger partial charge in [0, 0.05) is 0 Å². The highest BCUT2D eigenvalue weighted by Crippen LogP contribution is 2.39. The van der Waals surface area contributed by atoms with Crippen molar-refractivity contribution in [2.45, 2.75) is 19.9 Å². The van der Waals surface area contributed by atoms with Crippen LogP contribution >= 0.6 is 11.6 Å². The van der Waals surface area contributed by atoms with Gasteiger partial charge in [0.1, 0.15) is 12.0 Å². The van der Waals surface area contributed by atoms with E-state index in [0.29, 0.717) is 5.69 Å². The van der Waals surface area contributed by atoms with Crippen molar-refractivity contribution in [3.05, 3.63) is 59.1 Å². The van der Waals surface area contributed by atoms with Crippen LogP contribution in [0.3, 0.4) is 0 Å². The molecule has 0 aromatic heterocycles. The molecule has 2 amide bonds. The maximum Gasteiger partial charge on any atom is 0.355 e. The number of hydrogen-bond donors (Lipinski definition) is 0. The van der Waals surface area contributed by atoms with Gasteiger partial charge in [-0.3, -0.25) is 14.6 Å². The van der Waals surface area contributed by atoms with E-state index >= 15 is 0 Å². The molecule has 1 fully saturated rings. The third-order valence-corrected chi connectivity index (χ3v) is 5.25. The molecular weight excluding hydrogens is 394 g/mol. The van der Waals surface area contributed by atoms with Gasteiger partial charge in [0.25, 0.3) is 5.91 Å². The molecule has 2 heterocycles. The number of halogens is 1. The molecule has 2 atom stereocenters. The summed E-state index contributed by atoms with van der Waals surface area (Å²) in [5.74, 6) is -2.80. The molecule has 0 radical (unpaired) electrons. The maximum atomic E-state index is 13.3. The standard InChI is InChI=1S/C21H18ClN3O4/c1-3-29-21(28)17-16-18(25(23-17)13-10-8-12(2)9-11-13)20(27)24(19(16)26)15-7-5-4-6-14(15)22/h4-11,16,18H,3H2,1-2H3. The molecule has 0 bridgehead atoms. The highest BCUT2D eigenvalue weighted by atomic mass is 35.5. The Morgan fingerprint density at radius 1 is 1.10 bits per heavy atom. The zero-order valence-corrected chi connectivity index (χ0v) is 16.6. The molecule has 2 aliphatic rings. The minimum atomic E-state index is -1.06. The first-order valence-electron chi connectivity index (χ1n) is 9.18. The summed E-state index contributed by atoms with van der Waals surface area (Å²) in [6.07, 6.45) is 0. The van der Waals surface area contributed by atoms with Crippen molar-refractivity contribution in [1.29, 1.82) is 0 Å². The molecule has 8 heteroatoms. The van der Waals surface area contributed by atoms with E-state index in [4.69, 9.17) is 16.3 Å². The molecule has 0 spiro atoms. The van der Waals surface area contributed by atoms with E-state index in [1.807, 2.05) is 19.1 Å². The lowest BCUT2D eigenvalue weighted by molar-refractivity contribution is -0.136. The van der Waals surface area contributed by atoms with Gasteiger partial charge in [-0.15, -0.1) is 0 Å². The number of rotatable bonds is 4. The number of carbonyl (C=O) groups is 3. The first-order chi connectivity index (χ1) is 13.9. The summed E-state index contributed by atoms with van der Waals surface area (Å²) >= 11 is 6.23. The van der Waals surface area contributed by atoms with Crippen LogP contribution in [0.1, 0.15) is 12.5 Å². The summed E-state index contributed by atoms with van der Waals surface area (Å²) in [4.78, 5) is 40.1. The number of aryl methyl sites for hydroxylation is 1. The van der Waals surface area contributed by atoms with Gasteiger partial charge in [-0.2, -0.15) is 5.10 Å². The van der Waals surface area contributed by atoms with Crippen LogP contribution in [-0.4, -0.2) is 36.1 Å². The summed E-state index contributed by atoms with van der Waals surface area (Å²) < 4.78 is 5.08. The summed E-state index contributed by atoms with van der Waals surface area (Å²) in [7, 11) is 0. The van der Waals surface area contributed by atoms with Crippen molar-refractivity contribution >= 4 is 46.5 Å². The van der Waals surface area contributed by atoms with Crippen LogP contribution in [0, 0.1) is 12.8 Å². The van der Waals surface area contributed by atoms with Gasteiger partial charge in [0.15, 0.2) is 5.71 Å². The lowest BCUT2D eigenvalue weighted by Crippen LogP contribution is -2.39. The highest BCUT2D eigenvalue weighted by Gasteiger charge is 2.59. The average molecular weight is 412 g/mol. The predicted molar refractivity (Wildman–Crippen MR) is 109 cm³/mol. The smallest absolute Gasteiger partial charge is 0.355 e. The Morgan fingerprint density at radius 3 is 2.45 bits per heavy atom. The Hall–Kier alpha value is -3.19. The van der Waals surface area contributed by atoms with E-state index in [9.17, 15) is 14.4 Å². The van der Waals surface area contributed by atoms with Gasteiger partial charge < -0.3 is 4.74 Å². The Kier molecular flexibility index (Phi) is 4.84. The van der Waals surface area contributed by atoms with Crippen molar-refractivity contribution in [2.75, 3.05) is 16.5 Å². The minimum Gasteiger partial charge on any atom is -0.461 e. The third-order valence-electron chi connectivity index (χ3n) is 4.93. The van der Waals surface area contributed by atoms with Crippen LogP contribution < -0.4 is 9.91 Å². The van der Waals surface area contributed by atoms with Crippen LogP contribution in [0.4, 0.5) is 11.4 Å². The number of anilines is 2. The number of nitrogens with zero attached hydrogens (tertiary/aromatic N) is 3. The monoisotopic (exact) mass is 411 g/mol. The maximum absolute atomic E-state index is 13.3. The van der Waals surface area contributed by atoms with Crippen LogP contribution in [0.2, 0.25) is 5.02 Å². The van der Waals surface area contributed by atoms with Crippen LogP contribution in [-0.2, 0) is 19.1 Å². The fourth-order valence-corrected chi connectivity index (χ4v) is 3.79. The number of fused-ring (bicyclic) bond motifs is 1. The predicted octanol–water partition coefficient (Wildman–Crippen LogP) is 2.95. The van der Waals surface area contributed by atoms with Crippen molar-refractivity contribution in [3.63, 3.8) is 0 Å². The molecule has 148 valence electrons. The molecular formula is C21H18ClN3O4. The number of esters is 1. The fraction of sp³-hybridized carbons (Fsp3) is 0.238. The number of carbonyl (C=O) groups excluding carboxylic acids is 3. The van der Waals surface area contributed by atoms with Crippen LogP contribution in [0.15, 0.2) is 53.6 Å². The van der Waals surface area contributed by atoms with E-state index in [0.717, 1.165) is 10.5 Å². The normalized spacial score (nSPS) is 20.7. The highest BCUT2D eigenvalue weighted by molar-refractivity contribution is 6.48. The number of amides is 2. The topological polar surface area (TPSA) is 79.3 Å². The molecule has 4 rings (SSSR count). The zero-order chi connectivity index (χ0) is 20.7. The number of ether oxygens (including phenoxy) is 1. The number of para-hydroxylation sites is 1. The zero-order valence-electron chi connectivity index (χ0n) is 15.8.